The lowest BCUT2D eigenvalue weighted by atomic mass is 10.5. The zero-order valence-electron chi connectivity index (χ0n) is 4.54. The average Bonchev–Trinajstić information content (AvgIpc) is 1.84. The van der Waals surface area contributed by atoms with E-state index in [2.05, 4.69) is 36.8 Å². The molecule has 1 aromatic rings. The molecule has 0 N–H and O–H groups in total. The summed E-state index contributed by atoms with van der Waals surface area (Å²) in [4.78, 5) is 3.70. The van der Waals surface area contributed by atoms with Crippen molar-refractivity contribution in [2.75, 3.05) is 0 Å². The van der Waals surface area contributed by atoms with Crippen LogP contribution in [-0.2, 0) is 0 Å². The molecule has 0 radical (unpaired) electrons. The molecular weight excluding hydrogens is 288 g/mol. The van der Waals surface area contributed by atoms with Crippen molar-refractivity contribution in [3.63, 3.8) is 0 Å². The van der Waals surface area contributed by atoms with Crippen LogP contribution in [0, 0.1) is 5.82 Å². The normalized spacial score (nSPS) is 10.0. The Morgan fingerprint density at radius 2 is 2.00 bits per heavy atom. The lowest BCUT2D eigenvalue weighted by molar-refractivity contribution is 0.612. The Labute approximate surface area is 78.9 Å². The molecular formula is C5HBr2ClFN. The largest absolute Gasteiger partial charge is 0.229 e. The highest BCUT2D eigenvalue weighted by molar-refractivity contribution is 9.11. The Hall–Kier alpha value is 0.330. The second-order valence-electron chi connectivity index (χ2n) is 1.53. The third-order valence-electron chi connectivity index (χ3n) is 0.844. The van der Waals surface area contributed by atoms with Gasteiger partial charge in [-0.2, -0.15) is 0 Å². The van der Waals surface area contributed by atoms with Crippen LogP contribution in [0.3, 0.4) is 0 Å². The molecule has 0 unspecified atom stereocenters. The minimum Gasteiger partial charge on any atom is -0.229 e. The molecule has 0 saturated carbocycles. The smallest absolute Gasteiger partial charge is 0.157 e. The maximum Gasteiger partial charge on any atom is 0.157 e. The van der Waals surface area contributed by atoms with Gasteiger partial charge in [0.25, 0.3) is 0 Å². The molecule has 1 rings (SSSR count). The quantitative estimate of drug-likeness (QED) is 0.667. The van der Waals surface area contributed by atoms with Gasteiger partial charge in [-0.05, 0) is 37.9 Å². The highest BCUT2D eigenvalue weighted by Gasteiger charge is 2.04. The molecule has 0 aliphatic heterocycles. The summed E-state index contributed by atoms with van der Waals surface area (Å²) in [7, 11) is 0. The summed E-state index contributed by atoms with van der Waals surface area (Å²) in [6.45, 7) is 0. The van der Waals surface area contributed by atoms with E-state index in [0.717, 1.165) is 0 Å². The van der Waals surface area contributed by atoms with Crippen LogP contribution in [0.15, 0.2) is 15.3 Å². The van der Waals surface area contributed by atoms with Gasteiger partial charge in [0.15, 0.2) is 5.82 Å². The highest BCUT2D eigenvalue weighted by Crippen LogP contribution is 2.24. The van der Waals surface area contributed by atoms with Crippen LogP contribution in [0.25, 0.3) is 0 Å². The number of aromatic nitrogens is 1. The minimum absolute atomic E-state index is 0.156. The molecule has 1 aromatic heterocycles. The number of nitrogens with zero attached hydrogens (tertiary/aromatic N) is 1. The number of hydrogen-bond acceptors (Lipinski definition) is 1. The first kappa shape index (κ1) is 8.43. The SMILES string of the molecule is Fc1cc(Cl)c(Br)nc1Br. The van der Waals surface area contributed by atoms with E-state index in [9.17, 15) is 4.39 Å². The van der Waals surface area contributed by atoms with Gasteiger partial charge in [0.05, 0.1) is 5.02 Å². The standard InChI is InChI=1S/C5HBr2ClFN/c6-4-2(8)1-3(9)5(7)10-4/h1H. The average molecular weight is 289 g/mol. The van der Waals surface area contributed by atoms with Crippen molar-refractivity contribution >= 4 is 43.5 Å². The summed E-state index contributed by atoms with van der Waals surface area (Å²) in [6.07, 6.45) is 0. The van der Waals surface area contributed by atoms with Crippen LogP contribution in [0.1, 0.15) is 0 Å². The summed E-state index contributed by atoms with van der Waals surface area (Å²) in [5, 5.41) is 0.265. The summed E-state index contributed by atoms with van der Waals surface area (Å²) < 4.78 is 13.1. The van der Waals surface area contributed by atoms with E-state index >= 15 is 0 Å². The van der Waals surface area contributed by atoms with Gasteiger partial charge in [-0.3, -0.25) is 0 Å². The molecule has 0 spiro atoms. The second kappa shape index (κ2) is 3.15. The second-order valence-corrected chi connectivity index (χ2v) is 3.44. The molecule has 0 bridgehead atoms. The van der Waals surface area contributed by atoms with Crippen LogP contribution in [0.5, 0.6) is 0 Å². The Kier molecular flexibility index (Phi) is 2.66. The maximum absolute atomic E-state index is 12.5. The Morgan fingerprint density at radius 3 is 2.50 bits per heavy atom. The Morgan fingerprint density at radius 1 is 1.40 bits per heavy atom. The summed E-state index contributed by atoms with van der Waals surface area (Å²) in [6, 6.07) is 1.18. The molecule has 1 heterocycles. The molecule has 54 valence electrons. The maximum atomic E-state index is 12.5. The Bertz CT molecular complexity index is 216. The monoisotopic (exact) mass is 287 g/mol. The van der Waals surface area contributed by atoms with Crippen LogP contribution >= 0.6 is 43.5 Å². The van der Waals surface area contributed by atoms with E-state index in [4.69, 9.17) is 11.6 Å². The number of rotatable bonds is 0. The molecule has 0 aromatic carbocycles. The lowest BCUT2D eigenvalue weighted by Crippen LogP contribution is -1.84. The van der Waals surface area contributed by atoms with Crippen molar-refractivity contribution in [3.8, 4) is 0 Å². The molecule has 0 amide bonds. The third kappa shape index (κ3) is 1.68. The van der Waals surface area contributed by atoms with Gasteiger partial charge >= 0.3 is 0 Å². The summed E-state index contributed by atoms with van der Waals surface area (Å²) in [5.41, 5.74) is 0. The summed E-state index contributed by atoms with van der Waals surface area (Å²) in [5.74, 6) is -0.465. The van der Waals surface area contributed by atoms with Crippen LogP contribution in [0.4, 0.5) is 4.39 Å². The molecule has 1 nitrogen and oxygen atoms in total. The summed E-state index contributed by atoms with van der Waals surface area (Å²) >= 11 is 11.5. The third-order valence-corrected chi connectivity index (χ3v) is 2.52. The van der Waals surface area contributed by atoms with Crippen LogP contribution in [-0.4, -0.2) is 4.98 Å². The van der Waals surface area contributed by atoms with Gasteiger partial charge < -0.3 is 0 Å². The molecule has 0 saturated heterocycles. The number of halogens is 4. The van der Waals surface area contributed by atoms with Gasteiger partial charge in [-0.25, -0.2) is 9.37 Å². The van der Waals surface area contributed by atoms with Gasteiger partial charge in [0.2, 0.25) is 0 Å². The fraction of sp³-hybridized carbons (Fsp3) is 0. The minimum atomic E-state index is -0.465. The Balaban J connectivity index is 3.28. The fourth-order valence-electron chi connectivity index (χ4n) is 0.423. The van der Waals surface area contributed by atoms with Crippen molar-refractivity contribution in [1.29, 1.82) is 0 Å². The van der Waals surface area contributed by atoms with Crippen molar-refractivity contribution in [3.05, 3.63) is 26.1 Å². The number of pyridine rings is 1. The van der Waals surface area contributed by atoms with Crippen molar-refractivity contribution in [2.45, 2.75) is 0 Å². The highest BCUT2D eigenvalue weighted by atomic mass is 79.9. The van der Waals surface area contributed by atoms with E-state index < -0.39 is 5.82 Å². The van der Waals surface area contributed by atoms with Crippen molar-refractivity contribution in [1.82, 2.24) is 4.98 Å². The zero-order chi connectivity index (χ0) is 7.72. The molecule has 5 heteroatoms. The van der Waals surface area contributed by atoms with Crippen LogP contribution < -0.4 is 0 Å². The van der Waals surface area contributed by atoms with Gasteiger partial charge in [-0.15, -0.1) is 0 Å². The molecule has 0 fully saturated rings. The van der Waals surface area contributed by atoms with Crippen molar-refractivity contribution < 1.29 is 4.39 Å². The molecule has 10 heavy (non-hydrogen) atoms. The topological polar surface area (TPSA) is 12.9 Å². The van der Waals surface area contributed by atoms with Gasteiger partial charge in [0.1, 0.15) is 9.21 Å². The first-order chi connectivity index (χ1) is 4.61. The first-order valence-electron chi connectivity index (χ1n) is 2.28. The van der Waals surface area contributed by atoms with E-state index in [1.54, 1.807) is 0 Å². The van der Waals surface area contributed by atoms with E-state index in [1.165, 1.54) is 6.07 Å². The van der Waals surface area contributed by atoms with E-state index in [-0.39, 0.29) is 9.63 Å². The van der Waals surface area contributed by atoms with E-state index in [0.29, 0.717) is 4.60 Å². The van der Waals surface area contributed by atoms with Crippen LogP contribution in [0.2, 0.25) is 5.02 Å². The predicted octanol–water partition coefficient (Wildman–Crippen LogP) is 3.40. The van der Waals surface area contributed by atoms with E-state index in [1.807, 2.05) is 0 Å². The molecule has 0 aliphatic rings. The first-order valence-corrected chi connectivity index (χ1v) is 4.24. The molecule has 0 aliphatic carbocycles. The van der Waals surface area contributed by atoms with Gasteiger partial charge in [0, 0.05) is 0 Å². The zero-order valence-corrected chi connectivity index (χ0v) is 8.46. The fourth-order valence-corrected chi connectivity index (χ4v) is 1.38. The van der Waals surface area contributed by atoms with Gasteiger partial charge in [-0.1, -0.05) is 11.6 Å². The predicted molar refractivity (Wildman–Crippen MR) is 44.6 cm³/mol. The lowest BCUT2D eigenvalue weighted by Gasteiger charge is -1.95. The number of hydrogen-bond donors (Lipinski definition) is 0. The molecule has 0 atom stereocenters. The van der Waals surface area contributed by atoms with Crippen molar-refractivity contribution in [2.24, 2.45) is 0 Å².